The number of nitrogens with one attached hydrogen (secondary N) is 2. The molecule has 3 amide bonds. The number of hydrogen-bond acceptors (Lipinski definition) is 8. The molecule has 1 aromatic heterocycles. The van der Waals surface area contributed by atoms with Crippen LogP contribution in [0.15, 0.2) is 77.3 Å². The highest BCUT2D eigenvalue weighted by molar-refractivity contribution is 7.89. The highest BCUT2D eigenvalue weighted by Gasteiger charge is 2.56. The lowest BCUT2D eigenvalue weighted by molar-refractivity contribution is -0.115. The van der Waals surface area contributed by atoms with Gasteiger partial charge in [-0.25, -0.2) is 18.2 Å². The van der Waals surface area contributed by atoms with Gasteiger partial charge in [-0.2, -0.15) is 9.29 Å². The van der Waals surface area contributed by atoms with Gasteiger partial charge in [-0.3, -0.25) is 10.1 Å². The molecule has 12 heteroatoms. The third kappa shape index (κ3) is 4.41. The van der Waals surface area contributed by atoms with E-state index in [9.17, 15) is 18.0 Å². The Morgan fingerprint density at radius 3 is 2.22 bits per heavy atom. The van der Waals surface area contributed by atoms with Crippen LogP contribution in [0.3, 0.4) is 0 Å². The molecule has 0 radical (unpaired) electrons. The third-order valence-electron chi connectivity index (χ3n) is 6.43. The molecule has 1 spiro atoms. The number of nitrogens with zero attached hydrogens (tertiary/aromatic N) is 4. The molecule has 0 aliphatic carbocycles. The fraction of sp³-hybridized carbons (Fsp3) is 0.200. The first-order valence-corrected chi connectivity index (χ1v) is 13.0. The van der Waals surface area contributed by atoms with Gasteiger partial charge in [0.25, 0.3) is 5.91 Å². The largest absolute Gasteiger partial charge is 0.439 e. The van der Waals surface area contributed by atoms with Crippen molar-refractivity contribution >= 4 is 34.0 Å². The summed E-state index contributed by atoms with van der Waals surface area (Å²) >= 11 is 0. The van der Waals surface area contributed by atoms with E-state index in [4.69, 9.17) is 4.74 Å². The maximum absolute atomic E-state index is 12.9. The third-order valence-corrected chi connectivity index (χ3v) is 8.23. The quantitative estimate of drug-likeness (QED) is 0.374. The molecule has 2 N–H and O–H groups in total. The smallest absolute Gasteiger partial charge is 0.326 e. The molecule has 3 aliphatic rings. The van der Waals surface area contributed by atoms with Crippen LogP contribution in [0, 0.1) is 5.41 Å². The van der Waals surface area contributed by atoms with Crippen molar-refractivity contribution in [1.29, 1.82) is 0 Å². The van der Waals surface area contributed by atoms with Gasteiger partial charge in [-0.15, -0.1) is 0 Å². The lowest BCUT2D eigenvalue weighted by atomic mass is 9.74. The first-order chi connectivity index (χ1) is 17.8. The number of carbonyl (C=O) groups excluding carboxylic acids is 2. The maximum Gasteiger partial charge on any atom is 0.326 e. The predicted octanol–water partition coefficient (Wildman–Crippen LogP) is 1.96. The van der Waals surface area contributed by atoms with Crippen molar-refractivity contribution in [3.63, 3.8) is 0 Å². The predicted molar refractivity (Wildman–Crippen MR) is 133 cm³/mol. The van der Waals surface area contributed by atoms with Crippen LogP contribution >= 0.6 is 0 Å². The van der Waals surface area contributed by atoms with Gasteiger partial charge in [-0.05, 0) is 30.3 Å². The van der Waals surface area contributed by atoms with Crippen LogP contribution in [-0.2, 0) is 14.8 Å². The molecule has 0 unspecified atom stereocenters. The van der Waals surface area contributed by atoms with Crippen molar-refractivity contribution in [2.75, 3.05) is 31.1 Å². The van der Waals surface area contributed by atoms with Crippen LogP contribution in [0.25, 0.3) is 6.08 Å². The molecule has 3 aliphatic heterocycles. The van der Waals surface area contributed by atoms with Crippen molar-refractivity contribution in [3.05, 3.63) is 78.1 Å². The van der Waals surface area contributed by atoms with Crippen LogP contribution in [0.5, 0.6) is 11.6 Å². The molecule has 3 fully saturated rings. The van der Waals surface area contributed by atoms with Crippen LogP contribution in [0.1, 0.15) is 5.69 Å². The molecule has 11 nitrogen and oxygen atoms in total. The second kappa shape index (κ2) is 8.68. The fourth-order valence-corrected chi connectivity index (χ4v) is 6.34. The van der Waals surface area contributed by atoms with E-state index in [1.807, 2.05) is 23.1 Å². The zero-order valence-corrected chi connectivity index (χ0v) is 20.3. The first-order valence-electron chi connectivity index (χ1n) is 11.6. The number of amides is 3. The van der Waals surface area contributed by atoms with Gasteiger partial charge in [0.05, 0.1) is 10.6 Å². The van der Waals surface area contributed by atoms with Gasteiger partial charge in [-0.1, -0.05) is 36.4 Å². The van der Waals surface area contributed by atoms with Gasteiger partial charge in [0.1, 0.15) is 11.4 Å². The second-order valence-corrected chi connectivity index (χ2v) is 11.2. The van der Waals surface area contributed by atoms with Crippen molar-refractivity contribution in [2.45, 2.75) is 4.90 Å². The van der Waals surface area contributed by atoms with E-state index in [-0.39, 0.29) is 21.9 Å². The molecule has 4 heterocycles. The molecule has 188 valence electrons. The topological polar surface area (TPSA) is 134 Å². The molecule has 0 atom stereocenters. The Morgan fingerprint density at radius 2 is 1.57 bits per heavy atom. The summed E-state index contributed by atoms with van der Waals surface area (Å²) in [6.07, 6.45) is 1.45. The van der Waals surface area contributed by atoms with E-state index in [0.29, 0.717) is 43.6 Å². The minimum atomic E-state index is -3.52. The maximum atomic E-state index is 12.9. The Balaban J connectivity index is 1.21. The van der Waals surface area contributed by atoms with Crippen LogP contribution in [-0.4, -0.2) is 60.8 Å². The number of imide groups is 1. The number of carbonyl (C=O) groups is 2. The van der Waals surface area contributed by atoms with E-state index < -0.39 is 22.0 Å². The lowest BCUT2D eigenvalue weighted by Crippen LogP contribution is -2.73. The molecule has 6 rings (SSSR count). The summed E-state index contributed by atoms with van der Waals surface area (Å²) < 4.78 is 33.2. The minimum Gasteiger partial charge on any atom is -0.439 e. The summed E-state index contributed by atoms with van der Waals surface area (Å²) in [5, 5.41) is 4.61. The molecular formula is C25H22N6O5S. The molecule has 3 saturated heterocycles. The van der Waals surface area contributed by atoms with Gasteiger partial charge in [0.2, 0.25) is 21.9 Å². The molecule has 0 bridgehead atoms. The number of para-hydroxylation sites is 1. The van der Waals surface area contributed by atoms with E-state index >= 15 is 0 Å². The summed E-state index contributed by atoms with van der Waals surface area (Å²) in [5.74, 6) is 0.696. The standard InChI is InChI=1S/C25H22N6O5S/c32-22-20(27-24(33)29-22)11-17-12-21(36-18-7-3-1-4-8-18)28-23(26-17)30-13-25(14-30)15-31(16-25)37(34,35)19-9-5-2-6-10-19/h1-12H,13-16H2,(H2,27,29,32,33)/b20-11-. The van der Waals surface area contributed by atoms with Crippen molar-refractivity contribution in [3.8, 4) is 11.6 Å². The average molecular weight is 519 g/mol. The van der Waals surface area contributed by atoms with Crippen LogP contribution in [0.2, 0.25) is 0 Å². The number of urea groups is 1. The molecular weight excluding hydrogens is 496 g/mol. The van der Waals surface area contributed by atoms with Crippen molar-refractivity contribution < 1.29 is 22.7 Å². The SMILES string of the molecule is O=C1NC(=O)/C(=C/c2cc(Oc3ccccc3)nc(N3CC4(C3)CN(S(=O)(=O)c3ccccc3)C4)n2)N1. The number of hydrogen-bond donors (Lipinski definition) is 2. The Hall–Kier alpha value is -4.29. The average Bonchev–Trinajstić information content (AvgIpc) is 3.14. The summed E-state index contributed by atoms with van der Waals surface area (Å²) in [4.78, 5) is 34.8. The van der Waals surface area contributed by atoms with Gasteiger partial charge in [0, 0.05) is 37.7 Å². The summed E-state index contributed by atoms with van der Waals surface area (Å²) in [5.41, 5.74) is 0.284. The minimum absolute atomic E-state index is 0.0705. The highest BCUT2D eigenvalue weighted by atomic mass is 32.2. The normalized spacial score (nSPS) is 19.8. The van der Waals surface area contributed by atoms with Crippen LogP contribution in [0.4, 0.5) is 10.7 Å². The summed E-state index contributed by atoms with van der Waals surface area (Å²) in [7, 11) is -3.52. The number of aromatic nitrogens is 2. The monoisotopic (exact) mass is 518 g/mol. The van der Waals surface area contributed by atoms with Gasteiger partial charge < -0.3 is 15.0 Å². The Bertz CT molecular complexity index is 1510. The van der Waals surface area contributed by atoms with E-state index in [2.05, 4.69) is 20.6 Å². The molecule has 37 heavy (non-hydrogen) atoms. The number of ether oxygens (including phenoxy) is 1. The van der Waals surface area contributed by atoms with E-state index in [1.165, 1.54) is 10.4 Å². The second-order valence-electron chi connectivity index (χ2n) is 9.25. The fourth-order valence-electron chi connectivity index (χ4n) is 4.66. The molecule has 0 saturated carbocycles. The Labute approximate surface area is 212 Å². The number of sulfonamides is 1. The highest BCUT2D eigenvalue weighted by Crippen LogP contribution is 2.43. The van der Waals surface area contributed by atoms with Crippen molar-refractivity contribution in [1.82, 2.24) is 24.9 Å². The number of anilines is 1. The van der Waals surface area contributed by atoms with E-state index in [1.54, 1.807) is 48.5 Å². The summed E-state index contributed by atoms with van der Waals surface area (Å²) in [6, 6.07) is 18.5. The first kappa shape index (κ1) is 23.1. The lowest BCUT2D eigenvalue weighted by Gasteiger charge is -2.59. The van der Waals surface area contributed by atoms with Gasteiger partial charge in [0.15, 0.2) is 0 Å². The Morgan fingerprint density at radius 1 is 0.892 bits per heavy atom. The molecule has 2 aromatic carbocycles. The molecule has 3 aromatic rings. The van der Waals surface area contributed by atoms with Crippen LogP contribution < -0.4 is 20.3 Å². The summed E-state index contributed by atoms with van der Waals surface area (Å²) in [6.45, 7) is 2.00. The van der Waals surface area contributed by atoms with Crippen molar-refractivity contribution in [2.24, 2.45) is 5.41 Å². The van der Waals surface area contributed by atoms with E-state index in [0.717, 1.165) is 0 Å². The Kier molecular flexibility index (Phi) is 5.42. The zero-order valence-electron chi connectivity index (χ0n) is 19.5. The zero-order chi connectivity index (χ0) is 25.6. The number of rotatable bonds is 6. The van der Waals surface area contributed by atoms with Gasteiger partial charge >= 0.3 is 6.03 Å². The number of benzene rings is 2.